The summed E-state index contributed by atoms with van der Waals surface area (Å²) in [7, 11) is 2.92. The Morgan fingerprint density at radius 2 is 1.74 bits per heavy atom. The van der Waals surface area contributed by atoms with Gasteiger partial charge in [-0.15, -0.1) is 0 Å². The summed E-state index contributed by atoms with van der Waals surface area (Å²) in [6, 6.07) is 14.6. The van der Waals surface area contributed by atoms with Gasteiger partial charge in [-0.2, -0.15) is 0 Å². The van der Waals surface area contributed by atoms with E-state index in [4.69, 9.17) is 9.47 Å². The zero-order chi connectivity index (χ0) is 22.1. The summed E-state index contributed by atoms with van der Waals surface area (Å²) >= 11 is 1.31. The van der Waals surface area contributed by atoms with Crippen LogP contribution in [0.5, 0.6) is 5.75 Å². The molecule has 0 saturated heterocycles. The molecule has 1 atom stereocenters. The monoisotopic (exact) mass is 434 g/mol. The van der Waals surface area contributed by atoms with Gasteiger partial charge in [0.2, 0.25) is 0 Å². The predicted molar refractivity (Wildman–Crippen MR) is 120 cm³/mol. The second kappa shape index (κ2) is 8.35. The van der Waals surface area contributed by atoms with Crippen molar-refractivity contribution in [3.05, 3.63) is 96.2 Å². The fraction of sp³-hybridized carbons (Fsp3) is 0.208. The van der Waals surface area contributed by atoms with Gasteiger partial charge in [0.25, 0.3) is 5.56 Å². The van der Waals surface area contributed by atoms with E-state index in [2.05, 4.69) is 4.99 Å². The van der Waals surface area contributed by atoms with Crippen LogP contribution in [0.25, 0.3) is 6.08 Å². The largest absolute Gasteiger partial charge is 0.497 e. The Balaban J connectivity index is 1.94. The van der Waals surface area contributed by atoms with Gasteiger partial charge >= 0.3 is 5.97 Å². The minimum absolute atomic E-state index is 0.195. The molecule has 1 aliphatic heterocycles. The van der Waals surface area contributed by atoms with Gasteiger partial charge in [-0.3, -0.25) is 9.36 Å². The number of hydrogen-bond donors (Lipinski definition) is 0. The normalized spacial score (nSPS) is 16.0. The van der Waals surface area contributed by atoms with Crippen LogP contribution in [0.15, 0.2) is 69.6 Å². The van der Waals surface area contributed by atoms with Crippen molar-refractivity contribution in [3.63, 3.8) is 0 Å². The van der Waals surface area contributed by atoms with E-state index in [1.54, 1.807) is 18.6 Å². The van der Waals surface area contributed by atoms with Gasteiger partial charge in [0.1, 0.15) is 5.75 Å². The summed E-state index contributed by atoms with van der Waals surface area (Å²) in [5.41, 5.74) is 3.55. The first kappa shape index (κ1) is 20.8. The first-order valence-electron chi connectivity index (χ1n) is 9.74. The quantitative estimate of drug-likeness (QED) is 0.592. The van der Waals surface area contributed by atoms with Crippen LogP contribution in [0.2, 0.25) is 0 Å². The van der Waals surface area contributed by atoms with Crippen molar-refractivity contribution in [3.8, 4) is 5.75 Å². The minimum Gasteiger partial charge on any atom is -0.497 e. The summed E-state index contributed by atoms with van der Waals surface area (Å²) < 4.78 is 12.4. The lowest BCUT2D eigenvalue weighted by molar-refractivity contribution is -0.136. The van der Waals surface area contributed by atoms with E-state index in [1.807, 2.05) is 61.5 Å². The molecule has 0 saturated carbocycles. The van der Waals surface area contributed by atoms with Crippen molar-refractivity contribution in [1.29, 1.82) is 0 Å². The maximum Gasteiger partial charge on any atom is 0.338 e. The van der Waals surface area contributed by atoms with E-state index >= 15 is 0 Å². The number of nitrogens with zero attached hydrogens (tertiary/aromatic N) is 2. The number of esters is 1. The molecule has 0 radical (unpaired) electrons. The molecule has 7 heteroatoms. The summed E-state index contributed by atoms with van der Waals surface area (Å²) in [5.74, 6) is 0.186. The van der Waals surface area contributed by atoms with Gasteiger partial charge in [-0.1, -0.05) is 53.3 Å². The van der Waals surface area contributed by atoms with E-state index in [0.717, 1.165) is 16.7 Å². The van der Waals surface area contributed by atoms with Crippen molar-refractivity contribution >= 4 is 23.4 Å². The van der Waals surface area contributed by atoms with Crippen LogP contribution in [0.4, 0.5) is 0 Å². The van der Waals surface area contributed by atoms with Gasteiger partial charge in [0, 0.05) is 0 Å². The molecule has 1 aliphatic rings. The highest BCUT2D eigenvalue weighted by molar-refractivity contribution is 7.07. The number of methoxy groups -OCH3 is 2. The van der Waals surface area contributed by atoms with Crippen LogP contribution < -0.4 is 19.6 Å². The highest BCUT2D eigenvalue weighted by Gasteiger charge is 2.33. The lowest BCUT2D eigenvalue weighted by Crippen LogP contribution is -2.39. The number of carbonyl (C=O) groups is 1. The predicted octanol–water partition coefficient (Wildman–Crippen LogP) is 2.73. The van der Waals surface area contributed by atoms with Crippen molar-refractivity contribution in [2.24, 2.45) is 4.99 Å². The van der Waals surface area contributed by atoms with Gasteiger partial charge < -0.3 is 9.47 Å². The topological polar surface area (TPSA) is 69.9 Å². The van der Waals surface area contributed by atoms with Crippen LogP contribution in [0.3, 0.4) is 0 Å². The number of rotatable bonds is 4. The molecule has 3 aromatic rings. The third-order valence-electron chi connectivity index (χ3n) is 5.23. The van der Waals surface area contributed by atoms with Crippen LogP contribution >= 0.6 is 11.3 Å². The van der Waals surface area contributed by atoms with Crippen molar-refractivity contribution < 1.29 is 14.3 Å². The Bertz CT molecular complexity index is 1350. The Morgan fingerprint density at radius 1 is 1.06 bits per heavy atom. The summed E-state index contributed by atoms with van der Waals surface area (Å²) in [4.78, 5) is 31.2. The fourth-order valence-electron chi connectivity index (χ4n) is 3.61. The summed E-state index contributed by atoms with van der Waals surface area (Å²) in [6.07, 6.45) is 1.85. The second-order valence-electron chi connectivity index (χ2n) is 7.26. The molecule has 0 spiro atoms. The average Bonchev–Trinajstić information content (AvgIpc) is 3.08. The summed E-state index contributed by atoms with van der Waals surface area (Å²) in [5, 5.41) is 0. The highest BCUT2D eigenvalue weighted by atomic mass is 32.1. The molecule has 158 valence electrons. The van der Waals surface area contributed by atoms with Gasteiger partial charge in [0.15, 0.2) is 4.80 Å². The van der Waals surface area contributed by atoms with Crippen LogP contribution in [0.1, 0.15) is 29.7 Å². The number of carbonyl (C=O) groups excluding carboxylic acids is 1. The Kier molecular flexibility index (Phi) is 5.61. The van der Waals surface area contributed by atoms with Gasteiger partial charge in [0.05, 0.1) is 36.1 Å². The molecule has 0 N–H and O–H groups in total. The number of fused-ring (bicyclic) bond motifs is 1. The Hall–Kier alpha value is -3.45. The average molecular weight is 435 g/mol. The zero-order valence-corrected chi connectivity index (χ0v) is 18.5. The molecule has 0 amide bonds. The third-order valence-corrected chi connectivity index (χ3v) is 6.22. The zero-order valence-electron chi connectivity index (χ0n) is 17.7. The first-order chi connectivity index (χ1) is 14.9. The molecular weight excluding hydrogens is 412 g/mol. The van der Waals surface area contributed by atoms with Gasteiger partial charge in [-0.05, 0) is 43.2 Å². The minimum atomic E-state index is -0.630. The van der Waals surface area contributed by atoms with Crippen molar-refractivity contribution in [2.45, 2.75) is 19.9 Å². The molecule has 0 unspecified atom stereocenters. The Morgan fingerprint density at radius 3 is 2.35 bits per heavy atom. The first-order valence-corrected chi connectivity index (χ1v) is 10.6. The van der Waals surface area contributed by atoms with Crippen molar-refractivity contribution in [2.75, 3.05) is 14.2 Å². The lowest BCUT2D eigenvalue weighted by Gasteiger charge is -2.24. The lowest BCUT2D eigenvalue weighted by atomic mass is 9.96. The van der Waals surface area contributed by atoms with E-state index in [-0.39, 0.29) is 5.56 Å². The number of thiazole rings is 1. The molecule has 0 aliphatic carbocycles. The SMILES string of the molecule is COC(=O)C1=C(C)N=c2sc(=Cc3ccc(C)cc3)c(=O)n2[C@H]1c1ccc(OC)cc1. The van der Waals surface area contributed by atoms with Crippen LogP contribution in [-0.2, 0) is 9.53 Å². The van der Waals surface area contributed by atoms with E-state index < -0.39 is 12.0 Å². The number of aromatic nitrogens is 1. The molecule has 6 nitrogen and oxygen atoms in total. The van der Waals surface area contributed by atoms with E-state index in [9.17, 15) is 9.59 Å². The number of hydrogen-bond acceptors (Lipinski definition) is 6. The fourth-order valence-corrected chi connectivity index (χ4v) is 4.65. The molecule has 31 heavy (non-hydrogen) atoms. The number of ether oxygens (including phenoxy) is 2. The smallest absolute Gasteiger partial charge is 0.338 e. The number of benzene rings is 2. The maximum absolute atomic E-state index is 13.4. The van der Waals surface area contributed by atoms with Crippen LogP contribution in [-0.4, -0.2) is 24.8 Å². The maximum atomic E-state index is 13.4. The van der Waals surface area contributed by atoms with E-state index in [0.29, 0.717) is 26.4 Å². The molecule has 4 rings (SSSR count). The molecule has 1 aromatic heterocycles. The molecule has 2 aromatic carbocycles. The highest BCUT2D eigenvalue weighted by Crippen LogP contribution is 2.31. The summed E-state index contributed by atoms with van der Waals surface area (Å²) in [6.45, 7) is 3.78. The number of allylic oxidation sites excluding steroid dienone is 1. The van der Waals surface area contributed by atoms with Gasteiger partial charge in [-0.25, -0.2) is 9.79 Å². The van der Waals surface area contributed by atoms with Crippen molar-refractivity contribution in [1.82, 2.24) is 4.57 Å². The molecular formula is C24H22N2O4S. The van der Waals surface area contributed by atoms with E-state index in [1.165, 1.54) is 18.4 Å². The third kappa shape index (κ3) is 3.84. The molecule has 2 heterocycles. The molecule has 0 fully saturated rings. The molecule has 0 bridgehead atoms. The number of aryl methyl sites for hydroxylation is 1. The Labute approximate surface area is 183 Å². The van der Waals surface area contributed by atoms with Crippen LogP contribution in [0, 0.1) is 6.92 Å². The second-order valence-corrected chi connectivity index (χ2v) is 8.27. The standard InChI is InChI=1S/C24H22N2O4S/c1-14-5-7-16(8-6-14)13-19-22(27)26-21(17-9-11-18(29-3)12-10-17)20(23(28)30-4)15(2)25-24(26)31-19/h5-13,21H,1-4H3/t21-/m0/s1.